The van der Waals surface area contributed by atoms with Gasteiger partial charge in [-0.3, -0.25) is 0 Å². The molecule has 0 aliphatic heterocycles. The van der Waals surface area contributed by atoms with Crippen LogP contribution in [0.2, 0.25) is 0 Å². The van der Waals surface area contributed by atoms with Gasteiger partial charge < -0.3 is 0 Å². The van der Waals surface area contributed by atoms with E-state index in [1.54, 1.807) is 24.3 Å². The van der Waals surface area contributed by atoms with E-state index in [0.717, 1.165) is 34.3 Å². The summed E-state index contributed by atoms with van der Waals surface area (Å²) in [5.41, 5.74) is 5.13. The Labute approximate surface area is 141 Å². The molecule has 120 valence electrons. The molecule has 3 aromatic rings. The zero-order valence-corrected chi connectivity index (χ0v) is 13.5. The van der Waals surface area contributed by atoms with Crippen molar-refractivity contribution in [2.24, 2.45) is 0 Å². The summed E-state index contributed by atoms with van der Waals surface area (Å²) in [6, 6.07) is 23.1. The molecule has 0 bridgehead atoms. The first-order valence-corrected chi connectivity index (χ1v) is 7.99. The maximum absolute atomic E-state index is 13.3. The van der Waals surface area contributed by atoms with E-state index < -0.39 is 0 Å². The predicted molar refractivity (Wildman–Crippen MR) is 95.4 cm³/mol. The van der Waals surface area contributed by atoms with Gasteiger partial charge in [0.2, 0.25) is 0 Å². The summed E-state index contributed by atoms with van der Waals surface area (Å²) in [5, 5.41) is 0. The van der Waals surface area contributed by atoms with Crippen molar-refractivity contribution in [3.8, 4) is 0 Å². The van der Waals surface area contributed by atoms with Crippen LogP contribution in [0.1, 0.15) is 30.0 Å². The van der Waals surface area contributed by atoms with E-state index in [9.17, 15) is 8.78 Å². The minimum Gasteiger partial charge on any atom is -0.207 e. The van der Waals surface area contributed by atoms with Crippen molar-refractivity contribution in [1.29, 1.82) is 0 Å². The number of allylic oxidation sites excluding steroid dienone is 1. The minimum absolute atomic E-state index is 0.253. The first-order chi connectivity index (χ1) is 11.7. The topological polar surface area (TPSA) is 0 Å². The Balaban J connectivity index is 2.25. The number of rotatable bonds is 4. The highest BCUT2D eigenvalue weighted by molar-refractivity contribution is 5.98. The van der Waals surface area contributed by atoms with E-state index in [1.165, 1.54) is 24.3 Å². The largest absolute Gasteiger partial charge is 0.207 e. The summed E-state index contributed by atoms with van der Waals surface area (Å²) < 4.78 is 26.6. The van der Waals surface area contributed by atoms with Crippen molar-refractivity contribution in [1.82, 2.24) is 0 Å². The molecule has 3 aromatic carbocycles. The Hall–Kier alpha value is -2.74. The maximum Gasteiger partial charge on any atom is 0.123 e. The van der Waals surface area contributed by atoms with Crippen LogP contribution in [0, 0.1) is 11.6 Å². The third-order valence-corrected chi connectivity index (χ3v) is 4.04. The van der Waals surface area contributed by atoms with Crippen molar-refractivity contribution < 1.29 is 8.78 Å². The summed E-state index contributed by atoms with van der Waals surface area (Å²) >= 11 is 0. The van der Waals surface area contributed by atoms with Gasteiger partial charge in [0.25, 0.3) is 0 Å². The molecule has 0 unspecified atom stereocenters. The third kappa shape index (κ3) is 3.43. The molecule has 0 saturated carbocycles. The molecule has 0 aromatic heterocycles. The Morgan fingerprint density at radius 2 is 1.08 bits per heavy atom. The molecule has 0 nitrogen and oxygen atoms in total. The fraction of sp³-hybridized carbons (Fsp3) is 0.0909. The normalized spacial score (nSPS) is 12.0. The van der Waals surface area contributed by atoms with E-state index in [-0.39, 0.29) is 11.6 Å². The van der Waals surface area contributed by atoms with Crippen LogP contribution >= 0.6 is 0 Å². The second-order valence-corrected chi connectivity index (χ2v) is 5.59. The van der Waals surface area contributed by atoms with Crippen LogP contribution in [0.5, 0.6) is 0 Å². The maximum atomic E-state index is 13.3. The molecule has 0 fully saturated rings. The molecule has 0 aliphatic carbocycles. The SMILES string of the molecule is CC/C(=C(/c1ccccc1)c1ccc(F)cc1)c1ccc(F)cc1. The van der Waals surface area contributed by atoms with E-state index in [4.69, 9.17) is 0 Å². The van der Waals surface area contributed by atoms with Gasteiger partial charge in [0, 0.05) is 0 Å². The molecule has 0 saturated heterocycles. The first-order valence-electron chi connectivity index (χ1n) is 7.99. The Morgan fingerprint density at radius 3 is 1.58 bits per heavy atom. The van der Waals surface area contributed by atoms with Gasteiger partial charge in [-0.1, -0.05) is 61.5 Å². The second-order valence-electron chi connectivity index (χ2n) is 5.59. The highest BCUT2D eigenvalue weighted by Gasteiger charge is 2.13. The lowest BCUT2D eigenvalue weighted by molar-refractivity contribution is 0.627. The molecule has 0 amide bonds. The van der Waals surface area contributed by atoms with Crippen molar-refractivity contribution in [2.75, 3.05) is 0 Å². The van der Waals surface area contributed by atoms with E-state index >= 15 is 0 Å². The smallest absolute Gasteiger partial charge is 0.123 e. The van der Waals surface area contributed by atoms with Gasteiger partial charge in [0.05, 0.1) is 0 Å². The molecule has 0 N–H and O–H groups in total. The average molecular weight is 320 g/mol. The van der Waals surface area contributed by atoms with Gasteiger partial charge in [-0.2, -0.15) is 0 Å². The standard InChI is InChI=1S/C22H18F2/c1-2-21(16-8-12-19(23)13-9-16)22(17-6-4-3-5-7-17)18-10-14-20(24)15-11-18/h3-15H,2H2,1H3/b22-21+. The van der Waals surface area contributed by atoms with E-state index in [1.807, 2.05) is 30.3 Å². The van der Waals surface area contributed by atoms with Crippen LogP contribution in [-0.4, -0.2) is 0 Å². The minimum atomic E-state index is -0.258. The fourth-order valence-electron chi connectivity index (χ4n) is 2.91. The van der Waals surface area contributed by atoms with Gasteiger partial charge in [0.15, 0.2) is 0 Å². The predicted octanol–water partition coefficient (Wildman–Crippen LogP) is 6.33. The second kappa shape index (κ2) is 7.22. The molecule has 0 spiro atoms. The Bertz CT molecular complexity index is 829. The van der Waals surface area contributed by atoms with Crippen LogP contribution in [0.15, 0.2) is 78.9 Å². The Morgan fingerprint density at radius 1 is 0.625 bits per heavy atom. The van der Waals surface area contributed by atoms with Crippen molar-refractivity contribution in [2.45, 2.75) is 13.3 Å². The first kappa shape index (κ1) is 16.1. The lowest BCUT2D eigenvalue weighted by atomic mass is 9.88. The van der Waals surface area contributed by atoms with Crippen LogP contribution in [0.4, 0.5) is 8.78 Å². The van der Waals surface area contributed by atoms with E-state index in [0.29, 0.717) is 0 Å². The van der Waals surface area contributed by atoms with Gasteiger partial charge in [-0.05, 0) is 58.5 Å². The number of halogens is 2. The molecule has 2 heteroatoms. The average Bonchev–Trinajstić information content (AvgIpc) is 2.62. The number of benzene rings is 3. The molecular formula is C22H18F2. The Kier molecular flexibility index (Phi) is 4.85. The van der Waals surface area contributed by atoms with Gasteiger partial charge in [-0.15, -0.1) is 0 Å². The summed E-state index contributed by atoms with van der Waals surface area (Å²) in [5.74, 6) is -0.511. The lowest BCUT2D eigenvalue weighted by Gasteiger charge is -2.16. The summed E-state index contributed by atoms with van der Waals surface area (Å²) in [7, 11) is 0. The summed E-state index contributed by atoms with van der Waals surface area (Å²) in [6.45, 7) is 2.07. The number of hydrogen-bond acceptors (Lipinski definition) is 0. The molecule has 0 radical (unpaired) electrons. The lowest BCUT2D eigenvalue weighted by Crippen LogP contribution is -1.95. The van der Waals surface area contributed by atoms with Crippen LogP contribution in [0.25, 0.3) is 11.1 Å². The van der Waals surface area contributed by atoms with Crippen molar-refractivity contribution in [3.63, 3.8) is 0 Å². The highest BCUT2D eigenvalue weighted by Crippen LogP contribution is 2.34. The molecule has 0 heterocycles. The van der Waals surface area contributed by atoms with Crippen molar-refractivity contribution >= 4 is 11.1 Å². The number of hydrogen-bond donors (Lipinski definition) is 0. The molecule has 24 heavy (non-hydrogen) atoms. The van der Waals surface area contributed by atoms with Crippen molar-refractivity contribution in [3.05, 3.63) is 107 Å². The van der Waals surface area contributed by atoms with Crippen LogP contribution in [-0.2, 0) is 0 Å². The molecule has 0 atom stereocenters. The van der Waals surface area contributed by atoms with Gasteiger partial charge in [0.1, 0.15) is 11.6 Å². The zero-order valence-electron chi connectivity index (χ0n) is 13.5. The van der Waals surface area contributed by atoms with Crippen LogP contribution in [0.3, 0.4) is 0 Å². The summed E-state index contributed by atoms with van der Waals surface area (Å²) in [4.78, 5) is 0. The quantitative estimate of drug-likeness (QED) is 0.492. The molecule has 3 rings (SSSR count). The monoisotopic (exact) mass is 320 g/mol. The molecule has 0 aliphatic rings. The van der Waals surface area contributed by atoms with Gasteiger partial charge in [-0.25, -0.2) is 8.78 Å². The third-order valence-electron chi connectivity index (χ3n) is 4.04. The summed E-state index contributed by atoms with van der Waals surface area (Å²) in [6.07, 6.45) is 0.785. The highest BCUT2D eigenvalue weighted by atomic mass is 19.1. The van der Waals surface area contributed by atoms with E-state index in [2.05, 4.69) is 6.92 Å². The zero-order chi connectivity index (χ0) is 16.9. The van der Waals surface area contributed by atoms with Crippen LogP contribution < -0.4 is 0 Å². The molecular weight excluding hydrogens is 302 g/mol. The van der Waals surface area contributed by atoms with Gasteiger partial charge >= 0.3 is 0 Å². The fourth-order valence-corrected chi connectivity index (χ4v) is 2.91.